The lowest BCUT2D eigenvalue weighted by atomic mass is 9.96. The van der Waals surface area contributed by atoms with Crippen LogP contribution in [-0.4, -0.2) is 68.2 Å². The van der Waals surface area contributed by atoms with Crippen molar-refractivity contribution in [3.63, 3.8) is 0 Å². The summed E-state index contributed by atoms with van der Waals surface area (Å²) in [5.74, 6) is -2.29. The lowest BCUT2D eigenvalue weighted by molar-refractivity contribution is -0.271. The maximum absolute atomic E-state index is 11.5. The van der Waals surface area contributed by atoms with Gasteiger partial charge in [-0.05, 0) is 0 Å². The Morgan fingerprint density at radius 1 is 0.920 bits per heavy atom. The summed E-state index contributed by atoms with van der Waals surface area (Å²) in [4.78, 5) is 45.5. The molecule has 1 fully saturated rings. The molecule has 1 amide bonds. The average molecular weight is 361 g/mol. The molecule has 0 unspecified atom stereocenters. The Bertz CT molecular complexity index is 521. The zero-order valence-electron chi connectivity index (χ0n) is 14.8. The van der Waals surface area contributed by atoms with Gasteiger partial charge in [-0.3, -0.25) is 19.2 Å². The average Bonchev–Trinajstić information content (AvgIpc) is 2.48. The minimum absolute atomic E-state index is 0.252. The highest BCUT2D eigenvalue weighted by Crippen LogP contribution is 2.27. The topological polar surface area (TPSA) is 126 Å². The molecular weight excluding hydrogens is 338 g/mol. The number of hydrogen-bond acceptors (Lipinski definition) is 9. The summed E-state index contributed by atoms with van der Waals surface area (Å²) < 4.78 is 26.2. The fourth-order valence-corrected chi connectivity index (χ4v) is 2.49. The number of carbonyl (C=O) groups is 4. The molecule has 1 aliphatic heterocycles. The van der Waals surface area contributed by atoms with Crippen LogP contribution in [0.15, 0.2) is 0 Å². The summed E-state index contributed by atoms with van der Waals surface area (Å²) in [7, 11) is 1.33. The van der Waals surface area contributed by atoms with Crippen LogP contribution in [0.25, 0.3) is 0 Å². The van der Waals surface area contributed by atoms with Crippen LogP contribution in [0.3, 0.4) is 0 Å². The van der Waals surface area contributed by atoms with Crippen LogP contribution >= 0.6 is 0 Å². The summed E-state index contributed by atoms with van der Waals surface area (Å²) in [6.45, 7) is 4.57. The van der Waals surface area contributed by atoms with Crippen LogP contribution in [0.2, 0.25) is 0 Å². The zero-order chi connectivity index (χ0) is 19.1. The van der Waals surface area contributed by atoms with Crippen LogP contribution in [0.1, 0.15) is 27.7 Å². The molecular formula is C15H23NO9. The fourth-order valence-electron chi connectivity index (χ4n) is 2.49. The lowest BCUT2D eigenvalue weighted by Crippen LogP contribution is -2.66. The molecule has 1 aliphatic rings. The van der Waals surface area contributed by atoms with E-state index in [1.54, 1.807) is 0 Å². The Hall–Kier alpha value is -2.20. The molecule has 0 aromatic carbocycles. The maximum atomic E-state index is 11.5. The summed E-state index contributed by atoms with van der Waals surface area (Å²) in [5, 5.41) is 2.56. The molecule has 1 saturated heterocycles. The van der Waals surface area contributed by atoms with E-state index in [9.17, 15) is 19.2 Å². The van der Waals surface area contributed by atoms with Crippen LogP contribution in [0.5, 0.6) is 0 Å². The Morgan fingerprint density at radius 3 is 1.92 bits per heavy atom. The third-order valence-corrected chi connectivity index (χ3v) is 3.30. The van der Waals surface area contributed by atoms with Gasteiger partial charge in [-0.1, -0.05) is 0 Å². The van der Waals surface area contributed by atoms with Gasteiger partial charge >= 0.3 is 17.9 Å². The second-order valence-corrected chi connectivity index (χ2v) is 5.46. The van der Waals surface area contributed by atoms with Crippen molar-refractivity contribution in [3.05, 3.63) is 0 Å². The van der Waals surface area contributed by atoms with Gasteiger partial charge in [-0.15, -0.1) is 0 Å². The number of methoxy groups -OCH3 is 1. The van der Waals surface area contributed by atoms with Crippen molar-refractivity contribution in [1.29, 1.82) is 0 Å². The molecule has 10 heteroatoms. The van der Waals surface area contributed by atoms with Crippen LogP contribution in [0, 0.1) is 0 Å². The molecule has 1 N–H and O–H groups in total. The normalized spacial score (nSPS) is 28.6. The molecule has 0 aliphatic carbocycles. The lowest BCUT2D eigenvalue weighted by Gasteiger charge is -2.44. The van der Waals surface area contributed by atoms with Crippen LogP contribution < -0.4 is 5.32 Å². The van der Waals surface area contributed by atoms with E-state index in [1.165, 1.54) is 34.8 Å². The van der Waals surface area contributed by atoms with E-state index >= 15 is 0 Å². The number of rotatable bonds is 6. The standard InChI is InChI=1S/C15H23NO9/c1-7(17)16-12-14(24-10(4)20)13(23-9(3)19)11(6-22-8(2)18)25-15(12)21-5/h11-15H,6H2,1-5H3,(H,16,17)/t11-,12-,13-,14-,15+/m1/s1. The zero-order valence-corrected chi connectivity index (χ0v) is 14.8. The molecule has 0 aromatic heterocycles. The molecule has 142 valence electrons. The first-order valence-electron chi connectivity index (χ1n) is 7.58. The third kappa shape index (κ3) is 6.31. The number of amides is 1. The number of hydrogen-bond donors (Lipinski definition) is 1. The molecule has 1 heterocycles. The second-order valence-electron chi connectivity index (χ2n) is 5.46. The van der Waals surface area contributed by atoms with Crippen molar-refractivity contribution in [2.24, 2.45) is 0 Å². The van der Waals surface area contributed by atoms with Crippen LogP contribution in [-0.2, 0) is 42.9 Å². The largest absolute Gasteiger partial charge is 0.463 e. The minimum atomic E-state index is -1.11. The number of carbonyl (C=O) groups excluding carboxylic acids is 4. The van der Waals surface area contributed by atoms with E-state index in [0.29, 0.717) is 0 Å². The van der Waals surface area contributed by atoms with Crippen molar-refractivity contribution in [2.45, 2.75) is 58.3 Å². The molecule has 0 radical (unpaired) electrons. The van der Waals surface area contributed by atoms with E-state index in [4.69, 9.17) is 23.7 Å². The van der Waals surface area contributed by atoms with E-state index < -0.39 is 54.5 Å². The van der Waals surface area contributed by atoms with E-state index in [1.807, 2.05) is 0 Å². The summed E-state index contributed by atoms with van der Waals surface area (Å²) in [5.41, 5.74) is 0. The Kier molecular flexibility index (Phi) is 7.78. The highest BCUT2D eigenvalue weighted by molar-refractivity contribution is 5.73. The molecule has 1 rings (SSSR count). The van der Waals surface area contributed by atoms with Gasteiger partial charge in [0.05, 0.1) is 0 Å². The van der Waals surface area contributed by atoms with Crippen molar-refractivity contribution in [1.82, 2.24) is 5.32 Å². The minimum Gasteiger partial charge on any atom is -0.463 e. The first-order valence-corrected chi connectivity index (χ1v) is 7.58. The molecule has 5 atom stereocenters. The number of ether oxygens (including phenoxy) is 5. The van der Waals surface area contributed by atoms with Crippen molar-refractivity contribution in [2.75, 3.05) is 13.7 Å². The Morgan fingerprint density at radius 2 is 1.48 bits per heavy atom. The summed E-state index contributed by atoms with van der Waals surface area (Å²) in [6.07, 6.45) is -4.17. The van der Waals surface area contributed by atoms with E-state index in [-0.39, 0.29) is 6.61 Å². The summed E-state index contributed by atoms with van der Waals surface area (Å²) >= 11 is 0. The van der Waals surface area contributed by atoms with Gasteiger partial charge in [0.25, 0.3) is 0 Å². The van der Waals surface area contributed by atoms with Gasteiger partial charge in [0.15, 0.2) is 18.5 Å². The van der Waals surface area contributed by atoms with Crippen molar-refractivity contribution < 1.29 is 42.9 Å². The molecule has 25 heavy (non-hydrogen) atoms. The molecule has 10 nitrogen and oxygen atoms in total. The van der Waals surface area contributed by atoms with Gasteiger partial charge in [0, 0.05) is 34.8 Å². The molecule has 0 saturated carbocycles. The summed E-state index contributed by atoms with van der Waals surface area (Å²) in [6, 6.07) is -0.927. The molecule has 0 spiro atoms. The Labute approximate surface area is 145 Å². The highest BCUT2D eigenvalue weighted by atomic mass is 16.7. The second kappa shape index (κ2) is 9.33. The first-order chi connectivity index (χ1) is 11.6. The predicted molar refractivity (Wildman–Crippen MR) is 81.0 cm³/mol. The smallest absolute Gasteiger partial charge is 0.303 e. The quantitative estimate of drug-likeness (QED) is 0.482. The number of nitrogens with one attached hydrogen (secondary N) is 1. The van der Waals surface area contributed by atoms with E-state index in [2.05, 4.69) is 5.32 Å². The van der Waals surface area contributed by atoms with E-state index in [0.717, 1.165) is 0 Å². The van der Waals surface area contributed by atoms with Gasteiger partial charge in [-0.25, -0.2) is 0 Å². The van der Waals surface area contributed by atoms with Crippen LogP contribution in [0.4, 0.5) is 0 Å². The third-order valence-electron chi connectivity index (χ3n) is 3.30. The maximum Gasteiger partial charge on any atom is 0.303 e. The van der Waals surface area contributed by atoms with Crippen molar-refractivity contribution >= 4 is 23.8 Å². The first kappa shape index (κ1) is 20.8. The predicted octanol–water partition coefficient (Wildman–Crippen LogP) is -0.711. The molecule has 0 bridgehead atoms. The number of esters is 3. The fraction of sp³-hybridized carbons (Fsp3) is 0.733. The van der Waals surface area contributed by atoms with Gasteiger partial charge < -0.3 is 29.0 Å². The van der Waals surface area contributed by atoms with Crippen molar-refractivity contribution in [3.8, 4) is 0 Å². The Balaban J connectivity index is 3.18. The SMILES string of the molecule is CO[C@H]1O[C@H](COC(C)=O)[C@@H](OC(C)=O)[C@H](OC(C)=O)[C@H]1NC(C)=O. The van der Waals surface area contributed by atoms with Gasteiger partial charge in [-0.2, -0.15) is 0 Å². The monoisotopic (exact) mass is 361 g/mol. The molecule has 0 aromatic rings. The highest BCUT2D eigenvalue weighted by Gasteiger charge is 2.50. The van der Waals surface area contributed by atoms with Gasteiger partial charge in [0.2, 0.25) is 5.91 Å². The van der Waals surface area contributed by atoms with Gasteiger partial charge in [0.1, 0.15) is 18.8 Å².